The fourth-order valence-corrected chi connectivity index (χ4v) is 6.53. The molecule has 0 spiro atoms. The average Bonchev–Trinajstić information content (AvgIpc) is 3.00. The van der Waals surface area contributed by atoms with E-state index in [4.69, 9.17) is 4.74 Å². The molecule has 1 saturated heterocycles. The highest BCUT2D eigenvalue weighted by atomic mass is 16.5. The van der Waals surface area contributed by atoms with Gasteiger partial charge in [0.25, 0.3) is 0 Å². The van der Waals surface area contributed by atoms with Crippen LogP contribution in [0.1, 0.15) is 64.7 Å². The molecule has 1 N–H and O–H groups in total. The Morgan fingerprint density at radius 2 is 2.11 bits per heavy atom. The Balaban J connectivity index is 1.40. The van der Waals surface area contributed by atoms with Crippen molar-refractivity contribution in [3.8, 4) is 6.07 Å². The predicted octanol–water partition coefficient (Wildman–Crippen LogP) is 3.16. The molecule has 4 bridgehead atoms. The molecule has 5 aliphatic rings. The van der Waals surface area contributed by atoms with E-state index in [-0.39, 0.29) is 23.1 Å². The maximum atomic E-state index is 12.8. The second kappa shape index (κ2) is 7.22. The summed E-state index contributed by atoms with van der Waals surface area (Å²) in [6.45, 7) is 7.89. The SMILES string of the molecule is C=C1CC(C#N)N(C(=O)CNC23CC4CC(C2)CC(OCCCC)(C4)C3)C1. The first-order valence-corrected chi connectivity index (χ1v) is 10.7. The summed E-state index contributed by atoms with van der Waals surface area (Å²) in [5.41, 5.74) is 1.06. The molecule has 0 radical (unpaired) electrons. The fraction of sp³-hybridized carbons (Fsp3) is 0.818. The van der Waals surface area contributed by atoms with Crippen LogP contribution in [0.5, 0.6) is 0 Å². The highest BCUT2D eigenvalue weighted by Crippen LogP contribution is 2.58. The number of amides is 1. The van der Waals surface area contributed by atoms with Crippen molar-refractivity contribution in [3.05, 3.63) is 12.2 Å². The van der Waals surface area contributed by atoms with E-state index in [0.717, 1.165) is 36.9 Å². The first-order chi connectivity index (χ1) is 13.0. The second-order valence-corrected chi connectivity index (χ2v) is 9.60. The molecule has 27 heavy (non-hydrogen) atoms. The summed E-state index contributed by atoms with van der Waals surface area (Å²) >= 11 is 0. The van der Waals surface area contributed by atoms with Gasteiger partial charge in [-0.2, -0.15) is 5.26 Å². The minimum absolute atomic E-state index is 0.0341. The lowest BCUT2D eigenvalue weighted by molar-refractivity contribution is -0.176. The van der Waals surface area contributed by atoms with Crippen molar-refractivity contribution < 1.29 is 9.53 Å². The molecule has 5 rings (SSSR count). The number of carbonyl (C=O) groups is 1. The Morgan fingerprint density at radius 1 is 1.37 bits per heavy atom. The number of hydrogen-bond acceptors (Lipinski definition) is 4. The summed E-state index contributed by atoms with van der Waals surface area (Å²) in [6, 6.07) is 1.91. The minimum atomic E-state index is -0.341. The van der Waals surface area contributed by atoms with Gasteiger partial charge < -0.3 is 15.0 Å². The van der Waals surface area contributed by atoms with E-state index in [9.17, 15) is 10.1 Å². The number of ether oxygens (including phenoxy) is 1. The van der Waals surface area contributed by atoms with Crippen LogP contribution in [-0.2, 0) is 9.53 Å². The zero-order chi connectivity index (χ0) is 19.1. The van der Waals surface area contributed by atoms with Crippen LogP contribution in [0, 0.1) is 23.2 Å². The van der Waals surface area contributed by atoms with Gasteiger partial charge in [0.05, 0.1) is 18.2 Å². The monoisotopic (exact) mass is 371 g/mol. The third-order valence-electron chi connectivity index (χ3n) is 7.25. The van der Waals surface area contributed by atoms with Gasteiger partial charge in [-0.1, -0.05) is 25.5 Å². The Labute approximate surface area is 163 Å². The molecule has 0 aromatic rings. The molecule has 148 valence electrons. The van der Waals surface area contributed by atoms with Crippen molar-refractivity contribution in [2.75, 3.05) is 19.7 Å². The maximum Gasteiger partial charge on any atom is 0.237 e. The minimum Gasteiger partial charge on any atom is -0.375 e. The van der Waals surface area contributed by atoms with E-state index in [1.807, 2.05) is 0 Å². The smallest absolute Gasteiger partial charge is 0.237 e. The number of likely N-dealkylation sites (tertiary alicyclic amines) is 1. The molecule has 5 heteroatoms. The van der Waals surface area contributed by atoms with E-state index in [1.165, 1.54) is 38.5 Å². The lowest BCUT2D eigenvalue weighted by Crippen LogP contribution is -2.66. The highest BCUT2D eigenvalue weighted by Gasteiger charge is 2.58. The summed E-state index contributed by atoms with van der Waals surface area (Å²) in [4.78, 5) is 14.5. The van der Waals surface area contributed by atoms with Gasteiger partial charge in [-0.15, -0.1) is 0 Å². The van der Waals surface area contributed by atoms with Gasteiger partial charge in [0, 0.05) is 25.1 Å². The van der Waals surface area contributed by atoms with Crippen LogP contribution >= 0.6 is 0 Å². The second-order valence-electron chi connectivity index (χ2n) is 9.60. The van der Waals surface area contributed by atoms with Gasteiger partial charge in [0.1, 0.15) is 6.04 Å². The van der Waals surface area contributed by atoms with Crippen molar-refractivity contribution >= 4 is 5.91 Å². The summed E-state index contributed by atoms with van der Waals surface area (Å²) < 4.78 is 6.47. The Morgan fingerprint density at radius 3 is 2.78 bits per heavy atom. The Kier molecular flexibility index (Phi) is 5.07. The molecule has 5 fully saturated rings. The molecule has 0 aromatic carbocycles. The topological polar surface area (TPSA) is 65.4 Å². The maximum absolute atomic E-state index is 12.8. The zero-order valence-corrected chi connectivity index (χ0v) is 16.6. The summed E-state index contributed by atoms with van der Waals surface area (Å²) in [5, 5.41) is 13.0. The predicted molar refractivity (Wildman–Crippen MR) is 104 cm³/mol. The van der Waals surface area contributed by atoms with Crippen LogP contribution in [0.2, 0.25) is 0 Å². The number of unbranched alkanes of at least 4 members (excludes halogenated alkanes) is 1. The van der Waals surface area contributed by atoms with E-state index in [1.54, 1.807) is 4.90 Å². The van der Waals surface area contributed by atoms with Crippen molar-refractivity contribution in [2.24, 2.45) is 11.8 Å². The van der Waals surface area contributed by atoms with Gasteiger partial charge in [-0.3, -0.25) is 4.79 Å². The standard InChI is InChI=1S/C22H33N3O2/c1-3-4-5-27-22-10-17-7-18(11-22)9-21(8-17,15-22)24-13-20(26)25-14-16(2)6-19(25)12-23/h17-19,24H,2-11,13-15H2,1H3. The van der Waals surface area contributed by atoms with Crippen LogP contribution in [0.3, 0.4) is 0 Å². The highest BCUT2D eigenvalue weighted by molar-refractivity contribution is 5.80. The first-order valence-electron chi connectivity index (χ1n) is 10.7. The molecule has 1 heterocycles. The Bertz CT molecular complexity index is 638. The molecule has 1 amide bonds. The average molecular weight is 372 g/mol. The number of rotatable bonds is 7. The number of hydrogen-bond donors (Lipinski definition) is 1. The zero-order valence-electron chi connectivity index (χ0n) is 16.6. The third-order valence-corrected chi connectivity index (χ3v) is 7.25. The molecule has 3 atom stereocenters. The lowest BCUT2D eigenvalue weighted by Gasteiger charge is -2.62. The van der Waals surface area contributed by atoms with Crippen LogP contribution in [0.15, 0.2) is 12.2 Å². The quantitative estimate of drug-likeness (QED) is 0.551. The number of carbonyl (C=O) groups excluding carboxylic acids is 1. The molecule has 4 aliphatic carbocycles. The Hall–Kier alpha value is -1.38. The van der Waals surface area contributed by atoms with Gasteiger partial charge in [-0.25, -0.2) is 0 Å². The van der Waals surface area contributed by atoms with Crippen molar-refractivity contribution in [3.63, 3.8) is 0 Å². The summed E-state index contributed by atoms with van der Waals surface area (Å²) in [7, 11) is 0. The molecular weight excluding hydrogens is 338 g/mol. The van der Waals surface area contributed by atoms with E-state index in [0.29, 0.717) is 19.5 Å². The first kappa shape index (κ1) is 19.0. The van der Waals surface area contributed by atoms with Crippen molar-refractivity contribution in [1.29, 1.82) is 5.26 Å². The largest absolute Gasteiger partial charge is 0.375 e. The van der Waals surface area contributed by atoms with Gasteiger partial charge >= 0.3 is 0 Å². The van der Waals surface area contributed by atoms with Gasteiger partial charge in [-0.05, 0) is 56.8 Å². The normalized spacial score (nSPS) is 39.8. The van der Waals surface area contributed by atoms with Crippen molar-refractivity contribution in [1.82, 2.24) is 10.2 Å². The molecule has 1 aliphatic heterocycles. The number of nitriles is 1. The van der Waals surface area contributed by atoms with E-state index >= 15 is 0 Å². The van der Waals surface area contributed by atoms with Crippen LogP contribution in [0.25, 0.3) is 0 Å². The van der Waals surface area contributed by atoms with E-state index in [2.05, 4.69) is 24.9 Å². The van der Waals surface area contributed by atoms with Crippen molar-refractivity contribution in [2.45, 2.75) is 81.9 Å². The molecule has 4 saturated carbocycles. The van der Waals surface area contributed by atoms with Crippen LogP contribution in [0.4, 0.5) is 0 Å². The molecule has 5 nitrogen and oxygen atoms in total. The summed E-state index contributed by atoms with van der Waals surface area (Å²) in [5.74, 6) is 1.50. The molecule has 0 aromatic heterocycles. The number of nitrogens with zero attached hydrogens (tertiary/aromatic N) is 2. The molecule has 3 unspecified atom stereocenters. The fourth-order valence-electron chi connectivity index (χ4n) is 6.53. The van der Waals surface area contributed by atoms with Crippen LogP contribution < -0.4 is 5.32 Å². The number of nitrogens with one attached hydrogen (secondary N) is 1. The van der Waals surface area contributed by atoms with E-state index < -0.39 is 0 Å². The molecular formula is C22H33N3O2. The van der Waals surface area contributed by atoms with Crippen LogP contribution in [-0.4, -0.2) is 47.7 Å². The van der Waals surface area contributed by atoms with Gasteiger partial charge in [0.2, 0.25) is 5.91 Å². The summed E-state index contributed by atoms with van der Waals surface area (Å²) in [6.07, 6.45) is 10.0. The van der Waals surface area contributed by atoms with Gasteiger partial charge in [0.15, 0.2) is 0 Å². The lowest BCUT2D eigenvalue weighted by atomic mass is 9.51. The third kappa shape index (κ3) is 3.67.